The summed E-state index contributed by atoms with van der Waals surface area (Å²) >= 11 is 0. The molecule has 0 saturated carbocycles. The van der Waals surface area contributed by atoms with E-state index in [1.807, 2.05) is 4.90 Å². The number of rotatable bonds is 3. The normalized spacial score (nSPS) is 17.2. The number of aromatic nitrogens is 5. The number of alkyl halides is 1. The monoisotopic (exact) mass is 341 g/mol. The molecule has 0 aromatic carbocycles. The third-order valence-electron chi connectivity index (χ3n) is 4.05. The largest absolute Gasteiger partial charge is 0.352 e. The molecule has 3 aromatic heterocycles. The van der Waals surface area contributed by atoms with Crippen LogP contribution in [0.1, 0.15) is 22.7 Å². The molecule has 1 saturated heterocycles. The molecule has 25 heavy (non-hydrogen) atoms. The number of fused-ring (bicyclic) bond motifs is 1. The molecule has 1 fully saturated rings. The first-order valence-electron chi connectivity index (χ1n) is 7.95. The van der Waals surface area contributed by atoms with Crippen molar-refractivity contribution in [2.75, 3.05) is 23.3 Å². The van der Waals surface area contributed by atoms with Crippen molar-refractivity contribution in [2.45, 2.75) is 19.5 Å². The number of carbonyl (C=O) groups excluding carboxylic acids is 1. The Labute approximate surface area is 142 Å². The van der Waals surface area contributed by atoms with Gasteiger partial charge in [0.1, 0.15) is 23.6 Å². The fourth-order valence-electron chi connectivity index (χ4n) is 2.82. The van der Waals surface area contributed by atoms with E-state index in [0.717, 1.165) is 0 Å². The van der Waals surface area contributed by atoms with Crippen molar-refractivity contribution in [1.29, 1.82) is 0 Å². The van der Waals surface area contributed by atoms with Gasteiger partial charge in [0.05, 0.1) is 12.7 Å². The van der Waals surface area contributed by atoms with Crippen molar-refractivity contribution < 1.29 is 9.18 Å². The Morgan fingerprint density at radius 3 is 2.96 bits per heavy atom. The molecule has 1 N–H and O–H groups in total. The molecule has 8 nitrogen and oxygen atoms in total. The Bertz CT molecular complexity index is 941. The Hall–Kier alpha value is -3.10. The molecule has 0 spiro atoms. The van der Waals surface area contributed by atoms with E-state index in [-0.39, 0.29) is 11.6 Å². The van der Waals surface area contributed by atoms with Gasteiger partial charge in [0.2, 0.25) is 0 Å². The lowest BCUT2D eigenvalue weighted by Crippen LogP contribution is -2.23. The first-order valence-corrected chi connectivity index (χ1v) is 7.95. The molecule has 0 bridgehead atoms. The molecule has 1 aliphatic heterocycles. The summed E-state index contributed by atoms with van der Waals surface area (Å²) in [4.78, 5) is 26.7. The predicted octanol–water partition coefficient (Wildman–Crippen LogP) is 1.63. The topological polar surface area (TPSA) is 88.3 Å². The highest BCUT2D eigenvalue weighted by atomic mass is 19.1. The maximum absolute atomic E-state index is 13.4. The van der Waals surface area contributed by atoms with Crippen molar-refractivity contribution in [2.24, 2.45) is 0 Å². The van der Waals surface area contributed by atoms with E-state index in [1.165, 1.54) is 10.7 Å². The van der Waals surface area contributed by atoms with E-state index in [9.17, 15) is 9.18 Å². The third kappa shape index (κ3) is 3.00. The molecular weight excluding hydrogens is 325 g/mol. The fraction of sp³-hybridized carbons (Fsp3) is 0.312. The number of halogens is 1. The van der Waals surface area contributed by atoms with Gasteiger partial charge in [-0.3, -0.25) is 4.79 Å². The number of imidazole rings is 1. The first-order chi connectivity index (χ1) is 12.1. The number of hydrogen-bond acceptors (Lipinski definition) is 6. The lowest BCUT2D eigenvalue weighted by molar-refractivity contribution is 0.102. The highest BCUT2D eigenvalue weighted by molar-refractivity contribution is 6.02. The van der Waals surface area contributed by atoms with Crippen molar-refractivity contribution >= 4 is 23.2 Å². The number of aryl methyl sites for hydroxylation is 1. The van der Waals surface area contributed by atoms with E-state index >= 15 is 0 Å². The summed E-state index contributed by atoms with van der Waals surface area (Å²) in [6, 6.07) is 5.16. The Balaban J connectivity index is 1.64. The molecule has 9 heteroatoms. The first kappa shape index (κ1) is 15.4. The van der Waals surface area contributed by atoms with Gasteiger partial charge < -0.3 is 10.2 Å². The molecule has 0 radical (unpaired) electrons. The minimum atomic E-state index is -0.843. The van der Waals surface area contributed by atoms with Crippen molar-refractivity contribution in [3.05, 3.63) is 42.1 Å². The van der Waals surface area contributed by atoms with Crippen LogP contribution in [0.2, 0.25) is 0 Å². The van der Waals surface area contributed by atoms with Crippen LogP contribution in [0.3, 0.4) is 0 Å². The quantitative estimate of drug-likeness (QED) is 0.779. The van der Waals surface area contributed by atoms with Gasteiger partial charge in [0.25, 0.3) is 5.91 Å². The second-order valence-corrected chi connectivity index (χ2v) is 5.88. The molecular formula is C16H16FN7O. The number of nitrogens with one attached hydrogen (secondary N) is 1. The average Bonchev–Trinajstić information content (AvgIpc) is 3.20. The second kappa shape index (κ2) is 6.08. The zero-order valence-electron chi connectivity index (χ0n) is 13.6. The smallest absolute Gasteiger partial charge is 0.277 e. The van der Waals surface area contributed by atoms with E-state index in [4.69, 9.17) is 0 Å². The molecule has 4 rings (SSSR count). The zero-order valence-corrected chi connectivity index (χ0v) is 13.6. The molecule has 0 unspecified atom stereocenters. The minimum absolute atomic E-state index is 0.282. The molecule has 1 amide bonds. The van der Waals surface area contributed by atoms with Crippen LogP contribution in [0.4, 0.5) is 16.0 Å². The van der Waals surface area contributed by atoms with E-state index < -0.39 is 6.17 Å². The Morgan fingerprint density at radius 2 is 2.20 bits per heavy atom. The molecule has 3 aromatic rings. The van der Waals surface area contributed by atoms with Crippen LogP contribution in [-0.2, 0) is 0 Å². The minimum Gasteiger partial charge on any atom is -0.352 e. The van der Waals surface area contributed by atoms with Crippen LogP contribution >= 0.6 is 0 Å². The van der Waals surface area contributed by atoms with Gasteiger partial charge in [0.15, 0.2) is 11.3 Å². The van der Waals surface area contributed by atoms with Crippen LogP contribution < -0.4 is 10.2 Å². The van der Waals surface area contributed by atoms with Gasteiger partial charge in [-0.2, -0.15) is 0 Å². The summed E-state index contributed by atoms with van der Waals surface area (Å²) < 4.78 is 14.9. The summed E-state index contributed by atoms with van der Waals surface area (Å²) in [5.74, 6) is 1.22. The molecule has 128 valence electrons. The maximum Gasteiger partial charge on any atom is 0.277 e. The van der Waals surface area contributed by atoms with E-state index in [1.54, 1.807) is 31.3 Å². The van der Waals surface area contributed by atoms with Crippen molar-refractivity contribution in [3.63, 3.8) is 0 Å². The SMILES string of the molecule is Cc1nccc(NC(=O)c2cnc3ccc(N4CC[C@H](F)C4)nn23)n1. The lowest BCUT2D eigenvalue weighted by atomic mass is 10.3. The molecule has 1 atom stereocenters. The number of hydrogen-bond donors (Lipinski definition) is 1. The Morgan fingerprint density at radius 1 is 1.32 bits per heavy atom. The van der Waals surface area contributed by atoms with Crippen LogP contribution in [-0.4, -0.2) is 49.7 Å². The standard InChI is InChI=1S/C16H16FN7O/c1-10-18-6-4-13(20-10)21-16(25)12-8-19-14-2-3-15(22-24(12)14)23-7-5-11(17)9-23/h2-4,6,8,11H,5,7,9H2,1H3,(H,18,20,21,25)/t11-/m0/s1. The number of anilines is 2. The summed E-state index contributed by atoms with van der Waals surface area (Å²) in [5.41, 5.74) is 0.827. The fourth-order valence-corrected chi connectivity index (χ4v) is 2.82. The zero-order chi connectivity index (χ0) is 17.4. The average molecular weight is 341 g/mol. The number of carbonyl (C=O) groups is 1. The van der Waals surface area contributed by atoms with E-state index in [0.29, 0.717) is 42.6 Å². The summed E-state index contributed by atoms with van der Waals surface area (Å²) in [6.45, 7) is 2.66. The van der Waals surface area contributed by atoms with Gasteiger partial charge in [-0.15, -0.1) is 5.10 Å². The van der Waals surface area contributed by atoms with Crippen molar-refractivity contribution in [3.8, 4) is 0 Å². The summed E-state index contributed by atoms with van der Waals surface area (Å²) in [5, 5.41) is 7.16. The van der Waals surface area contributed by atoms with Gasteiger partial charge in [-0.1, -0.05) is 0 Å². The highest BCUT2D eigenvalue weighted by Crippen LogP contribution is 2.20. The lowest BCUT2D eigenvalue weighted by Gasteiger charge is -2.16. The van der Waals surface area contributed by atoms with Crippen LogP contribution in [0, 0.1) is 6.92 Å². The highest BCUT2D eigenvalue weighted by Gasteiger charge is 2.24. The molecule has 0 aliphatic carbocycles. The predicted molar refractivity (Wildman–Crippen MR) is 89.4 cm³/mol. The van der Waals surface area contributed by atoms with Gasteiger partial charge in [-0.05, 0) is 31.5 Å². The number of amides is 1. The molecule has 4 heterocycles. The van der Waals surface area contributed by atoms with Gasteiger partial charge >= 0.3 is 0 Å². The van der Waals surface area contributed by atoms with Crippen LogP contribution in [0.5, 0.6) is 0 Å². The van der Waals surface area contributed by atoms with Crippen LogP contribution in [0.15, 0.2) is 30.6 Å². The van der Waals surface area contributed by atoms with E-state index in [2.05, 4.69) is 25.4 Å². The maximum atomic E-state index is 13.4. The number of nitrogens with zero attached hydrogens (tertiary/aromatic N) is 6. The summed E-state index contributed by atoms with van der Waals surface area (Å²) in [7, 11) is 0. The van der Waals surface area contributed by atoms with Gasteiger partial charge in [0, 0.05) is 12.7 Å². The Kier molecular flexibility index (Phi) is 3.75. The third-order valence-corrected chi connectivity index (χ3v) is 4.05. The van der Waals surface area contributed by atoms with Crippen molar-refractivity contribution in [1.82, 2.24) is 24.6 Å². The summed E-state index contributed by atoms with van der Waals surface area (Å²) in [6.07, 6.45) is 2.68. The second-order valence-electron chi connectivity index (χ2n) is 5.88. The van der Waals surface area contributed by atoms with Crippen LogP contribution in [0.25, 0.3) is 5.65 Å². The molecule has 1 aliphatic rings. The van der Waals surface area contributed by atoms with Gasteiger partial charge in [-0.25, -0.2) is 23.9 Å².